The number of amides is 2. The molecule has 0 aromatic carbocycles. The van der Waals surface area contributed by atoms with Gasteiger partial charge >= 0.3 is 6.03 Å². The molecule has 3 aromatic heterocycles. The van der Waals surface area contributed by atoms with Crippen molar-refractivity contribution in [1.29, 1.82) is 0 Å². The van der Waals surface area contributed by atoms with E-state index in [2.05, 4.69) is 30.6 Å². The number of anilines is 2. The molecule has 0 aliphatic rings. The topological polar surface area (TPSA) is 88.0 Å². The third-order valence-corrected chi connectivity index (χ3v) is 4.15. The first-order valence-electron chi connectivity index (χ1n) is 7.50. The Balaban J connectivity index is 1.60. The second kappa shape index (κ2) is 6.93. The second-order valence-corrected chi connectivity index (χ2v) is 6.62. The molecular formula is C15H19N7OS. The number of aromatic nitrogens is 4. The highest BCUT2D eigenvalue weighted by molar-refractivity contribution is 7.21. The quantitative estimate of drug-likeness (QED) is 0.741. The van der Waals surface area contributed by atoms with Crippen LogP contribution in [0.4, 0.5) is 15.7 Å². The van der Waals surface area contributed by atoms with Crippen LogP contribution in [0.1, 0.15) is 5.69 Å². The lowest BCUT2D eigenvalue weighted by Gasteiger charge is -2.08. The monoisotopic (exact) mass is 345 g/mol. The molecule has 0 unspecified atom stereocenters. The number of hydrogen-bond acceptors (Lipinski definition) is 6. The van der Waals surface area contributed by atoms with Crippen LogP contribution in [0.15, 0.2) is 24.4 Å². The summed E-state index contributed by atoms with van der Waals surface area (Å²) in [5.74, 6) is 0.501. The number of carbonyl (C=O) groups is 1. The van der Waals surface area contributed by atoms with E-state index < -0.39 is 0 Å². The Kier molecular flexibility index (Phi) is 4.72. The van der Waals surface area contributed by atoms with E-state index in [1.807, 2.05) is 39.3 Å². The van der Waals surface area contributed by atoms with Gasteiger partial charge in [-0.3, -0.25) is 15.3 Å². The predicted molar refractivity (Wildman–Crippen MR) is 95.6 cm³/mol. The van der Waals surface area contributed by atoms with Gasteiger partial charge in [-0.1, -0.05) is 11.3 Å². The van der Waals surface area contributed by atoms with Gasteiger partial charge in [-0.15, -0.1) is 0 Å². The van der Waals surface area contributed by atoms with E-state index in [1.54, 1.807) is 10.7 Å². The molecule has 0 spiro atoms. The van der Waals surface area contributed by atoms with Crippen LogP contribution >= 0.6 is 11.3 Å². The Morgan fingerprint density at radius 3 is 2.88 bits per heavy atom. The molecule has 8 nitrogen and oxygen atoms in total. The number of hydrogen-bond donors (Lipinski definition) is 2. The predicted octanol–water partition coefficient (Wildman–Crippen LogP) is 2.40. The first-order chi connectivity index (χ1) is 11.5. The third-order valence-electron chi connectivity index (χ3n) is 3.27. The van der Waals surface area contributed by atoms with Gasteiger partial charge in [0, 0.05) is 24.5 Å². The molecule has 0 aliphatic heterocycles. The van der Waals surface area contributed by atoms with Crippen LogP contribution in [0.2, 0.25) is 0 Å². The van der Waals surface area contributed by atoms with E-state index in [4.69, 9.17) is 0 Å². The van der Waals surface area contributed by atoms with Gasteiger partial charge in [-0.05, 0) is 33.2 Å². The van der Waals surface area contributed by atoms with Crippen molar-refractivity contribution in [3.8, 4) is 0 Å². The van der Waals surface area contributed by atoms with E-state index in [0.717, 1.165) is 29.1 Å². The normalized spacial score (nSPS) is 11.2. The molecule has 9 heteroatoms. The van der Waals surface area contributed by atoms with Gasteiger partial charge in [0.2, 0.25) is 0 Å². The number of nitrogens with zero attached hydrogens (tertiary/aromatic N) is 5. The molecule has 3 rings (SSSR count). The Morgan fingerprint density at radius 1 is 1.25 bits per heavy atom. The maximum absolute atomic E-state index is 12.1. The van der Waals surface area contributed by atoms with Gasteiger partial charge in [0.05, 0.1) is 6.54 Å². The average molecular weight is 345 g/mol. The summed E-state index contributed by atoms with van der Waals surface area (Å²) in [7, 11) is 4.01. The van der Waals surface area contributed by atoms with Crippen LogP contribution < -0.4 is 10.6 Å². The number of pyridine rings is 1. The van der Waals surface area contributed by atoms with Crippen molar-refractivity contribution in [2.45, 2.75) is 13.5 Å². The molecule has 2 N–H and O–H groups in total. The molecule has 0 atom stereocenters. The number of urea groups is 1. The number of thiazole rings is 1. The molecule has 126 valence electrons. The van der Waals surface area contributed by atoms with Gasteiger partial charge in [0.25, 0.3) is 0 Å². The van der Waals surface area contributed by atoms with Crippen LogP contribution in [0, 0.1) is 6.92 Å². The third kappa shape index (κ3) is 4.06. The van der Waals surface area contributed by atoms with Crippen molar-refractivity contribution in [1.82, 2.24) is 24.6 Å². The standard InChI is InChI=1S/C15H19N7OS/c1-10-4-5-11-13(16-10)24-15(17-11)19-14(23)18-12-6-7-22(20-12)9-8-21(2)3/h4-7H,8-9H2,1-3H3,(H2,17,18,19,20,23). The molecule has 0 fully saturated rings. The van der Waals surface area contributed by atoms with Crippen molar-refractivity contribution in [3.05, 3.63) is 30.1 Å². The molecule has 24 heavy (non-hydrogen) atoms. The van der Waals surface area contributed by atoms with E-state index in [0.29, 0.717) is 10.9 Å². The van der Waals surface area contributed by atoms with E-state index >= 15 is 0 Å². The smallest absolute Gasteiger partial charge is 0.308 e. The molecule has 3 aromatic rings. The second-order valence-electron chi connectivity index (χ2n) is 5.64. The van der Waals surface area contributed by atoms with Gasteiger partial charge < -0.3 is 4.90 Å². The molecule has 0 saturated heterocycles. The number of nitrogens with one attached hydrogen (secondary N) is 2. The molecule has 0 radical (unpaired) electrons. The summed E-state index contributed by atoms with van der Waals surface area (Å²) in [4.78, 5) is 23.7. The van der Waals surface area contributed by atoms with Gasteiger partial charge in [-0.25, -0.2) is 14.8 Å². The molecule has 2 amide bonds. The lowest BCUT2D eigenvalue weighted by molar-refractivity contribution is 0.262. The highest BCUT2D eigenvalue weighted by Crippen LogP contribution is 2.24. The van der Waals surface area contributed by atoms with Crippen molar-refractivity contribution >= 4 is 38.7 Å². The van der Waals surface area contributed by atoms with Crippen molar-refractivity contribution < 1.29 is 4.79 Å². The zero-order valence-electron chi connectivity index (χ0n) is 13.8. The minimum atomic E-state index is -0.372. The minimum Gasteiger partial charge on any atom is -0.308 e. The summed E-state index contributed by atoms with van der Waals surface area (Å²) in [5.41, 5.74) is 1.69. The SMILES string of the molecule is Cc1ccc2nc(NC(=O)Nc3ccn(CCN(C)C)n3)sc2n1. The Hall–Kier alpha value is -2.52. The first-order valence-corrected chi connectivity index (χ1v) is 8.31. The van der Waals surface area contributed by atoms with Gasteiger partial charge in [-0.2, -0.15) is 5.10 Å². The molecule has 3 heterocycles. The van der Waals surface area contributed by atoms with Crippen molar-refractivity contribution in [2.24, 2.45) is 0 Å². The molecule has 0 aliphatic carbocycles. The number of fused-ring (bicyclic) bond motifs is 1. The van der Waals surface area contributed by atoms with Crippen molar-refractivity contribution in [3.63, 3.8) is 0 Å². The van der Waals surface area contributed by atoms with Crippen LogP contribution in [0.5, 0.6) is 0 Å². The summed E-state index contributed by atoms with van der Waals surface area (Å²) >= 11 is 1.34. The van der Waals surface area contributed by atoms with Gasteiger partial charge in [0.15, 0.2) is 10.9 Å². The lowest BCUT2D eigenvalue weighted by Crippen LogP contribution is -2.21. The number of carbonyl (C=O) groups excluding carboxylic acids is 1. The number of rotatable bonds is 5. The largest absolute Gasteiger partial charge is 0.326 e. The Bertz CT molecular complexity index is 855. The van der Waals surface area contributed by atoms with Gasteiger partial charge in [0.1, 0.15) is 10.3 Å². The number of aryl methyl sites for hydroxylation is 1. The average Bonchev–Trinajstić information content (AvgIpc) is 3.10. The molecule has 0 saturated carbocycles. The molecule has 0 bridgehead atoms. The summed E-state index contributed by atoms with van der Waals surface area (Å²) in [5, 5.41) is 10.2. The van der Waals surface area contributed by atoms with Crippen LogP contribution in [0.25, 0.3) is 10.3 Å². The summed E-state index contributed by atoms with van der Waals surface area (Å²) in [6.45, 7) is 3.57. The summed E-state index contributed by atoms with van der Waals surface area (Å²) < 4.78 is 1.79. The fourth-order valence-electron chi connectivity index (χ4n) is 2.06. The fourth-order valence-corrected chi connectivity index (χ4v) is 2.94. The van der Waals surface area contributed by atoms with E-state index in [1.165, 1.54) is 11.3 Å². The highest BCUT2D eigenvalue weighted by Gasteiger charge is 2.10. The minimum absolute atomic E-state index is 0.372. The maximum Gasteiger partial charge on any atom is 0.326 e. The number of likely N-dealkylation sites (N-methyl/N-ethyl adjacent to an activating group) is 1. The first kappa shape index (κ1) is 16.3. The zero-order chi connectivity index (χ0) is 17.1. The molecular weight excluding hydrogens is 326 g/mol. The van der Waals surface area contributed by atoms with Crippen molar-refractivity contribution in [2.75, 3.05) is 31.3 Å². The van der Waals surface area contributed by atoms with Crippen LogP contribution in [0.3, 0.4) is 0 Å². The Labute approximate surface area is 143 Å². The highest BCUT2D eigenvalue weighted by atomic mass is 32.1. The van der Waals surface area contributed by atoms with Crippen LogP contribution in [-0.2, 0) is 6.54 Å². The fraction of sp³-hybridized carbons (Fsp3) is 0.333. The maximum atomic E-state index is 12.1. The zero-order valence-corrected chi connectivity index (χ0v) is 14.6. The Morgan fingerprint density at radius 2 is 2.08 bits per heavy atom. The summed E-state index contributed by atoms with van der Waals surface area (Å²) in [6, 6.07) is 5.18. The summed E-state index contributed by atoms with van der Waals surface area (Å²) in [6.07, 6.45) is 1.84. The van der Waals surface area contributed by atoms with E-state index in [9.17, 15) is 4.79 Å². The van der Waals surface area contributed by atoms with Crippen LogP contribution in [-0.4, -0.2) is 51.3 Å². The van der Waals surface area contributed by atoms with E-state index in [-0.39, 0.29) is 6.03 Å². The lowest BCUT2D eigenvalue weighted by atomic mass is 10.4.